The Bertz CT molecular complexity index is 1220. The molecule has 0 spiro atoms. The molecule has 0 aromatic heterocycles. The van der Waals surface area contributed by atoms with E-state index in [0.29, 0.717) is 22.3 Å². The van der Waals surface area contributed by atoms with E-state index in [0.717, 1.165) is 18.2 Å². The molecule has 0 unspecified atom stereocenters. The summed E-state index contributed by atoms with van der Waals surface area (Å²) in [5, 5.41) is 59.2. The second-order valence-corrected chi connectivity index (χ2v) is 7.99. The van der Waals surface area contributed by atoms with E-state index in [1.165, 1.54) is 6.07 Å². The molecule has 1 aliphatic rings. The van der Waals surface area contributed by atoms with Gasteiger partial charge < -0.3 is 40.1 Å². The molecule has 0 fully saturated rings. The monoisotopic (exact) mass is 454 g/mol. The van der Waals surface area contributed by atoms with Crippen molar-refractivity contribution in [2.75, 3.05) is 0 Å². The van der Waals surface area contributed by atoms with Gasteiger partial charge in [0.2, 0.25) is 0 Å². The highest BCUT2D eigenvalue weighted by molar-refractivity contribution is 5.91. The summed E-state index contributed by atoms with van der Waals surface area (Å²) in [4.78, 5) is 12.8. The zero-order chi connectivity index (χ0) is 24.0. The number of aryl methyl sites for hydroxylation is 2. The molecular weight excluding hydrogens is 432 g/mol. The van der Waals surface area contributed by atoms with Crippen LogP contribution in [-0.2, 0) is 11.2 Å². The predicted octanol–water partition coefficient (Wildman–Crippen LogP) is 3.44. The zero-order valence-electron chi connectivity index (χ0n) is 17.7. The molecule has 4 rings (SSSR count). The largest absolute Gasteiger partial charge is 0.508 e. The number of hydrogen-bond acceptors (Lipinski definition) is 9. The third-order valence-electron chi connectivity index (χ3n) is 5.57. The molecule has 0 saturated carbocycles. The second kappa shape index (κ2) is 8.01. The summed E-state index contributed by atoms with van der Waals surface area (Å²) in [6, 6.07) is 7.75. The molecule has 0 bridgehead atoms. The molecule has 33 heavy (non-hydrogen) atoms. The molecular formula is C24H22O9. The van der Waals surface area contributed by atoms with Crippen molar-refractivity contribution in [3.05, 3.63) is 64.2 Å². The average molecular weight is 454 g/mol. The highest BCUT2D eigenvalue weighted by atomic mass is 16.6. The predicted molar refractivity (Wildman–Crippen MR) is 115 cm³/mol. The van der Waals surface area contributed by atoms with Crippen LogP contribution in [0.1, 0.15) is 38.7 Å². The van der Waals surface area contributed by atoms with Crippen molar-refractivity contribution in [1.82, 2.24) is 0 Å². The summed E-state index contributed by atoms with van der Waals surface area (Å²) in [7, 11) is 0. The maximum atomic E-state index is 12.8. The number of carbonyl (C=O) groups is 1. The smallest absolute Gasteiger partial charge is 0.338 e. The molecule has 9 heteroatoms. The lowest BCUT2D eigenvalue weighted by molar-refractivity contribution is -0.0188. The van der Waals surface area contributed by atoms with Crippen molar-refractivity contribution in [3.8, 4) is 40.2 Å². The minimum Gasteiger partial charge on any atom is -0.508 e. The van der Waals surface area contributed by atoms with Crippen LogP contribution in [0.4, 0.5) is 0 Å². The number of phenolic OH excluding ortho intramolecular Hbond substituents is 6. The van der Waals surface area contributed by atoms with E-state index in [1.807, 2.05) is 0 Å². The molecule has 0 amide bonds. The average Bonchev–Trinajstić information content (AvgIpc) is 2.75. The maximum absolute atomic E-state index is 12.8. The number of phenols is 6. The first-order valence-corrected chi connectivity index (χ1v) is 10.0. The highest BCUT2D eigenvalue weighted by Crippen LogP contribution is 2.44. The van der Waals surface area contributed by atoms with E-state index in [1.54, 1.807) is 26.0 Å². The Morgan fingerprint density at radius 2 is 1.45 bits per heavy atom. The Labute approximate surface area is 188 Å². The first kappa shape index (κ1) is 21.9. The summed E-state index contributed by atoms with van der Waals surface area (Å²) in [5.74, 6) is -3.16. The van der Waals surface area contributed by atoms with E-state index in [4.69, 9.17) is 9.47 Å². The zero-order valence-corrected chi connectivity index (χ0v) is 17.7. The summed E-state index contributed by atoms with van der Waals surface area (Å²) in [6.07, 6.45) is -1.78. The summed E-state index contributed by atoms with van der Waals surface area (Å²) in [5.41, 5.74) is 1.87. The van der Waals surface area contributed by atoms with Gasteiger partial charge in [-0.3, -0.25) is 0 Å². The Morgan fingerprint density at radius 3 is 2.06 bits per heavy atom. The van der Waals surface area contributed by atoms with Gasteiger partial charge in [0.25, 0.3) is 0 Å². The van der Waals surface area contributed by atoms with Crippen LogP contribution in [0.25, 0.3) is 0 Å². The van der Waals surface area contributed by atoms with Crippen molar-refractivity contribution in [2.45, 2.75) is 32.5 Å². The second-order valence-electron chi connectivity index (χ2n) is 7.99. The van der Waals surface area contributed by atoms with Crippen molar-refractivity contribution in [1.29, 1.82) is 0 Å². The molecule has 172 valence electrons. The van der Waals surface area contributed by atoms with E-state index in [9.17, 15) is 35.4 Å². The fourth-order valence-corrected chi connectivity index (χ4v) is 3.92. The Morgan fingerprint density at radius 1 is 0.848 bits per heavy atom. The van der Waals surface area contributed by atoms with Gasteiger partial charge >= 0.3 is 5.97 Å². The molecule has 1 heterocycles. The maximum Gasteiger partial charge on any atom is 0.338 e. The third-order valence-corrected chi connectivity index (χ3v) is 5.57. The number of hydrogen-bond donors (Lipinski definition) is 6. The molecule has 0 aliphatic carbocycles. The van der Waals surface area contributed by atoms with Gasteiger partial charge in [-0.15, -0.1) is 0 Å². The van der Waals surface area contributed by atoms with E-state index in [-0.39, 0.29) is 35.0 Å². The highest BCUT2D eigenvalue weighted by Gasteiger charge is 2.37. The van der Waals surface area contributed by atoms with Crippen LogP contribution in [-0.4, -0.2) is 42.7 Å². The normalized spacial score (nSPS) is 17.2. The molecule has 0 radical (unpaired) electrons. The summed E-state index contributed by atoms with van der Waals surface area (Å²) in [6.45, 7) is 3.42. The third kappa shape index (κ3) is 4.00. The van der Waals surface area contributed by atoms with Crippen molar-refractivity contribution >= 4 is 5.97 Å². The van der Waals surface area contributed by atoms with Crippen LogP contribution < -0.4 is 4.74 Å². The lowest BCUT2D eigenvalue weighted by Gasteiger charge is -2.34. The molecule has 3 aromatic carbocycles. The van der Waals surface area contributed by atoms with Crippen LogP contribution in [0.2, 0.25) is 0 Å². The van der Waals surface area contributed by atoms with Gasteiger partial charge in [-0.25, -0.2) is 4.79 Å². The van der Waals surface area contributed by atoms with Crippen molar-refractivity contribution < 1.29 is 44.9 Å². The number of carbonyl (C=O) groups excluding carboxylic acids is 1. The van der Waals surface area contributed by atoms with Gasteiger partial charge in [0.1, 0.15) is 29.1 Å². The van der Waals surface area contributed by atoms with Crippen molar-refractivity contribution in [3.63, 3.8) is 0 Å². The fourth-order valence-electron chi connectivity index (χ4n) is 3.92. The molecule has 3 aromatic rings. The molecule has 6 N–H and O–H groups in total. The number of ether oxygens (including phenoxy) is 2. The van der Waals surface area contributed by atoms with E-state index >= 15 is 0 Å². The molecule has 9 nitrogen and oxygen atoms in total. The van der Waals surface area contributed by atoms with Crippen LogP contribution in [0.3, 0.4) is 0 Å². The Balaban J connectivity index is 1.75. The standard InChI is InChI=1S/C24H22O9/c1-10-3-12(4-11(2)21(10)29)23-20(9-15-16(26)7-14(25)8-19(15)32-23)33-24(31)13-5-17(27)22(30)18(28)6-13/h3-8,20,23,25-30H,9H2,1-2H3/t20-,23-/m1/s1. The van der Waals surface area contributed by atoms with Gasteiger partial charge in [-0.1, -0.05) is 0 Å². The lowest BCUT2D eigenvalue weighted by Crippen LogP contribution is -2.35. The van der Waals surface area contributed by atoms with E-state index < -0.39 is 35.4 Å². The van der Waals surface area contributed by atoms with E-state index in [2.05, 4.69) is 0 Å². The molecule has 2 atom stereocenters. The number of benzene rings is 3. The van der Waals surface area contributed by atoms with Gasteiger partial charge in [0.05, 0.1) is 5.56 Å². The number of aromatic hydroxyl groups is 6. The Hall–Kier alpha value is -4.27. The van der Waals surface area contributed by atoms with Crippen LogP contribution in [0, 0.1) is 13.8 Å². The van der Waals surface area contributed by atoms with Crippen LogP contribution >= 0.6 is 0 Å². The Kier molecular flexibility index (Phi) is 5.33. The van der Waals surface area contributed by atoms with Gasteiger partial charge in [-0.2, -0.15) is 0 Å². The van der Waals surface area contributed by atoms with Gasteiger partial charge in [0.15, 0.2) is 23.4 Å². The topological polar surface area (TPSA) is 157 Å². The lowest BCUT2D eigenvalue weighted by atomic mass is 9.92. The minimum absolute atomic E-state index is 0.0346. The summed E-state index contributed by atoms with van der Waals surface area (Å²) >= 11 is 0. The van der Waals surface area contributed by atoms with Crippen LogP contribution in [0.5, 0.6) is 40.2 Å². The SMILES string of the molecule is Cc1cc([C@H]2Oc3cc(O)cc(O)c3C[C@H]2OC(=O)c2cc(O)c(O)c(O)c2)cc(C)c1O. The number of esters is 1. The van der Waals surface area contributed by atoms with Gasteiger partial charge in [0, 0.05) is 24.1 Å². The first-order chi connectivity index (χ1) is 15.5. The molecule has 0 saturated heterocycles. The first-order valence-electron chi connectivity index (χ1n) is 10.0. The summed E-state index contributed by atoms with van der Waals surface area (Å²) < 4.78 is 11.7. The molecule has 1 aliphatic heterocycles. The number of rotatable bonds is 3. The number of fused-ring (bicyclic) bond motifs is 1. The quantitative estimate of drug-likeness (QED) is 0.258. The van der Waals surface area contributed by atoms with Crippen molar-refractivity contribution in [2.24, 2.45) is 0 Å². The minimum atomic E-state index is -0.957. The van der Waals surface area contributed by atoms with Gasteiger partial charge in [-0.05, 0) is 54.8 Å². The van der Waals surface area contributed by atoms with Crippen LogP contribution in [0.15, 0.2) is 36.4 Å². The fraction of sp³-hybridized carbons (Fsp3) is 0.208.